The normalized spacial score (nSPS) is 10.4. The van der Waals surface area contributed by atoms with E-state index in [4.69, 9.17) is 4.42 Å². The van der Waals surface area contributed by atoms with Crippen LogP contribution in [0.5, 0.6) is 0 Å². The third-order valence-corrected chi connectivity index (χ3v) is 1.49. The highest BCUT2D eigenvalue weighted by molar-refractivity contribution is 5.00. The lowest BCUT2D eigenvalue weighted by molar-refractivity contribution is -0.534. The van der Waals surface area contributed by atoms with E-state index in [0.717, 1.165) is 16.9 Å². The Hall–Kier alpha value is -1.05. The highest BCUT2D eigenvalue weighted by Crippen LogP contribution is 1.95. The molecule has 0 atom stereocenters. The van der Waals surface area contributed by atoms with Gasteiger partial charge >= 0.3 is 0 Å². The van der Waals surface area contributed by atoms with Crippen LogP contribution in [0.3, 0.4) is 0 Å². The van der Waals surface area contributed by atoms with Gasteiger partial charge in [0.15, 0.2) is 0 Å². The van der Waals surface area contributed by atoms with E-state index in [9.17, 15) is 0 Å². The summed E-state index contributed by atoms with van der Waals surface area (Å²) in [5.74, 6) is 1.89. The molecular formula is C10H16NO+. The second kappa shape index (κ2) is 3.57. The van der Waals surface area contributed by atoms with Gasteiger partial charge in [-0.25, -0.2) is 4.99 Å². The topological polar surface area (TPSA) is 27.1 Å². The van der Waals surface area contributed by atoms with E-state index in [2.05, 4.69) is 18.8 Å². The third-order valence-electron chi connectivity index (χ3n) is 1.49. The van der Waals surface area contributed by atoms with Crippen molar-refractivity contribution >= 4 is 0 Å². The van der Waals surface area contributed by atoms with Gasteiger partial charge in [0.2, 0.25) is 5.36 Å². The van der Waals surface area contributed by atoms with Crippen molar-refractivity contribution in [3.63, 3.8) is 0 Å². The number of hydrogen-bond acceptors (Lipinski definition) is 1. The van der Waals surface area contributed by atoms with Crippen LogP contribution in [0, 0.1) is 13.8 Å². The minimum atomic E-state index is 0.464. The minimum Gasteiger partial charge on any atom is -0.466 e. The molecule has 1 aromatic heterocycles. The Morgan fingerprint density at radius 2 is 1.67 bits per heavy atom. The van der Waals surface area contributed by atoms with Crippen molar-refractivity contribution < 1.29 is 9.41 Å². The van der Waals surface area contributed by atoms with E-state index in [-0.39, 0.29) is 0 Å². The van der Waals surface area contributed by atoms with Gasteiger partial charge in [0.05, 0.1) is 0 Å². The van der Waals surface area contributed by atoms with Crippen LogP contribution in [-0.4, -0.2) is 6.04 Å². The molecule has 0 saturated carbocycles. The predicted molar refractivity (Wildman–Crippen MR) is 47.4 cm³/mol. The van der Waals surface area contributed by atoms with Gasteiger partial charge in [-0.1, -0.05) is 0 Å². The molecule has 0 fully saturated rings. The van der Waals surface area contributed by atoms with Gasteiger partial charge in [-0.05, 0) is 27.7 Å². The summed E-state index contributed by atoms with van der Waals surface area (Å²) in [6.07, 6.45) is 0. The largest absolute Gasteiger partial charge is 0.466 e. The molecule has 1 N–H and O–H groups in total. The van der Waals surface area contributed by atoms with Crippen molar-refractivity contribution in [1.82, 2.24) is 0 Å². The van der Waals surface area contributed by atoms with Crippen molar-refractivity contribution in [2.45, 2.75) is 33.7 Å². The minimum absolute atomic E-state index is 0.464. The zero-order valence-electron chi connectivity index (χ0n) is 8.14. The van der Waals surface area contributed by atoms with E-state index in [1.165, 1.54) is 0 Å². The maximum absolute atomic E-state index is 5.36. The smallest absolute Gasteiger partial charge is 0.205 e. The number of aryl methyl sites for hydroxylation is 2. The van der Waals surface area contributed by atoms with Crippen LogP contribution < -0.4 is 10.3 Å². The predicted octanol–water partition coefficient (Wildman–Crippen LogP) is 0.286. The lowest BCUT2D eigenvalue weighted by Crippen LogP contribution is -2.81. The average molecular weight is 166 g/mol. The van der Waals surface area contributed by atoms with Crippen LogP contribution in [0.1, 0.15) is 25.4 Å². The molecule has 0 aliphatic heterocycles. The summed E-state index contributed by atoms with van der Waals surface area (Å²) in [5, 5.41) is 1.13. The van der Waals surface area contributed by atoms with Crippen LogP contribution in [0.4, 0.5) is 0 Å². The van der Waals surface area contributed by atoms with Crippen molar-refractivity contribution in [2.75, 3.05) is 0 Å². The van der Waals surface area contributed by atoms with Crippen molar-refractivity contribution in [3.8, 4) is 0 Å². The van der Waals surface area contributed by atoms with Gasteiger partial charge in [0, 0.05) is 12.1 Å². The highest BCUT2D eigenvalue weighted by Gasteiger charge is 1.97. The Bertz CT molecular complexity index is 300. The van der Waals surface area contributed by atoms with E-state index in [1.807, 2.05) is 26.0 Å². The first-order chi connectivity index (χ1) is 5.58. The molecule has 0 bridgehead atoms. The van der Waals surface area contributed by atoms with Gasteiger partial charge in [-0.3, -0.25) is 0 Å². The lowest BCUT2D eigenvalue weighted by atomic mass is 10.3. The molecule has 1 heterocycles. The van der Waals surface area contributed by atoms with Gasteiger partial charge in [-0.2, -0.15) is 0 Å². The molecule has 0 aliphatic carbocycles. The first-order valence-corrected chi connectivity index (χ1v) is 4.26. The maximum atomic E-state index is 5.36. The SMILES string of the molecule is Cc1cc(=[NH+]C(C)C)cc(C)o1. The van der Waals surface area contributed by atoms with Crippen LogP contribution in [0.2, 0.25) is 0 Å². The molecule has 0 unspecified atom stereocenters. The zero-order chi connectivity index (χ0) is 9.14. The molecule has 2 heteroatoms. The van der Waals surface area contributed by atoms with E-state index < -0.39 is 0 Å². The van der Waals surface area contributed by atoms with Crippen molar-refractivity contribution in [2.24, 2.45) is 0 Å². The van der Waals surface area contributed by atoms with Crippen LogP contribution in [0.25, 0.3) is 0 Å². The van der Waals surface area contributed by atoms with Crippen LogP contribution >= 0.6 is 0 Å². The monoisotopic (exact) mass is 166 g/mol. The fourth-order valence-electron chi connectivity index (χ4n) is 1.21. The molecule has 0 aliphatic rings. The van der Waals surface area contributed by atoms with E-state index >= 15 is 0 Å². The van der Waals surface area contributed by atoms with E-state index in [0.29, 0.717) is 6.04 Å². The molecule has 1 rings (SSSR count). The average Bonchev–Trinajstić information content (AvgIpc) is 1.81. The van der Waals surface area contributed by atoms with Crippen LogP contribution in [-0.2, 0) is 0 Å². The molecule has 0 saturated heterocycles. The van der Waals surface area contributed by atoms with Crippen molar-refractivity contribution in [3.05, 3.63) is 29.0 Å². The third kappa shape index (κ3) is 2.53. The number of rotatable bonds is 1. The fraction of sp³-hybridized carbons (Fsp3) is 0.500. The molecule has 2 nitrogen and oxygen atoms in total. The molecular weight excluding hydrogens is 150 g/mol. The molecule has 0 spiro atoms. The molecule has 66 valence electrons. The molecule has 0 aromatic carbocycles. The zero-order valence-corrected chi connectivity index (χ0v) is 8.14. The molecule has 1 aromatic rings. The first-order valence-electron chi connectivity index (χ1n) is 4.26. The fourth-order valence-corrected chi connectivity index (χ4v) is 1.21. The lowest BCUT2D eigenvalue weighted by Gasteiger charge is -1.94. The Morgan fingerprint density at radius 3 is 2.08 bits per heavy atom. The molecule has 0 radical (unpaired) electrons. The molecule has 0 amide bonds. The summed E-state index contributed by atoms with van der Waals surface area (Å²) in [4.78, 5) is 3.33. The Morgan fingerprint density at radius 1 is 1.17 bits per heavy atom. The summed E-state index contributed by atoms with van der Waals surface area (Å²) in [7, 11) is 0. The van der Waals surface area contributed by atoms with E-state index in [1.54, 1.807) is 0 Å². The molecule has 12 heavy (non-hydrogen) atoms. The van der Waals surface area contributed by atoms with Gasteiger partial charge < -0.3 is 4.42 Å². The maximum Gasteiger partial charge on any atom is 0.205 e. The Labute approximate surface area is 73.0 Å². The Balaban J connectivity index is 3.17. The van der Waals surface area contributed by atoms with Gasteiger partial charge in [0.25, 0.3) is 0 Å². The first kappa shape index (κ1) is 9.04. The highest BCUT2D eigenvalue weighted by atomic mass is 16.3. The Kier molecular flexibility index (Phi) is 2.69. The summed E-state index contributed by atoms with van der Waals surface area (Å²) in [5.41, 5.74) is 0. The number of nitrogens with one attached hydrogen (secondary N) is 1. The standard InChI is InChI=1S/C10H15NO/c1-7(2)11-10-5-8(3)12-9(4)6-10/h5-7H,1-4H3/p+1. The summed E-state index contributed by atoms with van der Waals surface area (Å²) < 4.78 is 5.36. The number of hydrogen-bond donors (Lipinski definition) is 1. The quantitative estimate of drug-likeness (QED) is 0.637. The summed E-state index contributed by atoms with van der Waals surface area (Å²) in [6.45, 7) is 8.15. The summed E-state index contributed by atoms with van der Waals surface area (Å²) in [6, 6.07) is 4.48. The summed E-state index contributed by atoms with van der Waals surface area (Å²) >= 11 is 0. The second-order valence-corrected chi connectivity index (χ2v) is 3.37. The van der Waals surface area contributed by atoms with Crippen molar-refractivity contribution in [1.29, 1.82) is 0 Å². The van der Waals surface area contributed by atoms with Gasteiger partial charge in [-0.15, -0.1) is 0 Å². The van der Waals surface area contributed by atoms with Crippen LogP contribution in [0.15, 0.2) is 16.5 Å². The second-order valence-electron chi connectivity index (χ2n) is 3.37. The van der Waals surface area contributed by atoms with Gasteiger partial charge in [0.1, 0.15) is 17.6 Å².